The van der Waals surface area contributed by atoms with Gasteiger partial charge in [0, 0.05) is 12.6 Å². The van der Waals surface area contributed by atoms with Gasteiger partial charge < -0.3 is 10.2 Å². The van der Waals surface area contributed by atoms with Crippen LogP contribution in [0.15, 0.2) is 48.5 Å². The highest BCUT2D eigenvalue weighted by Crippen LogP contribution is 2.24. The van der Waals surface area contributed by atoms with Crippen molar-refractivity contribution in [1.29, 1.82) is 0 Å². The maximum absolute atomic E-state index is 13.5. The second-order valence-corrected chi connectivity index (χ2v) is 10.3. The van der Waals surface area contributed by atoms with Crippen LogP contribution >= 0.6 is 0 Å². The molecule has 0 bridgehead atoms. The summed E-state index contributed by atoms with van der Waals surface area (Å²) >= 11 is 0. The number of nitrogens with zero attached hydrogens (tertiary/aromatic N) is 2. The van der Waals surface area contributed by atoms with Gasteiger partial charge in [-0.1, -0.05) is 44.2 Å². The Balaban J connectivity index is 2.41. The Kier molecular flexibility index (Phi) is 9.61. The zero-order valence-electron chi connectivity index (χ0n) is 20.4. The van der Waals surface area contributed by atoms with Gasteiger partial charge in [0.25, 0.3) is 0 Å². The molecular weight excluding hydrogens is 457 g/mol. The average molecular weight is 492 g/mol. The molecule has 0 radical (unpaired) electrons. The van der Waals surface area contributed by atoms with E-state index in [2.05, 4.69) is 5.32 Å². The summed E-state index contributed by atoms with van der Waals surface area (Å²) in [4.78, 5) is 27.7. The summed E-state index contributed by atoms with van der Waals surface area (Å²) in [5.41, 5.74) is 1.84. The van der Waals surface area contributed by atoms with Crippen molar-refractivity contribution in [3.8, 4) is 0 Å². The summed E-state index contributed by atoms with van der Waals surface area (Å²) in [5, 5.41) is 2.87. The van der Waals surface area contributed by atoms with Crippen molar-refractivity contribution in [2.75, 3.05) is 17.1 Å². The minimum atomic E-state index is -3.79. The molecule has 0 aromatic heterocycles. The topological polar surface area (TPSA) is 86.8 Å². The monoisotopic (exact) mass is 491 g/mol. The quantitative estimate of drug-likeness (QED) is 0.521. The van der Waals surface area contributed by atoms with Gasteiger partial charge in [-0.05, 0) is 56.0 Å². The van der Waals surface area contributed by atoms with E-state index in [0.29, 0.717) is 17.7 Å². The standard InChI is InChI=1S/C25H34FN3O4S/c1-6-18(3)27-25(31)19(4)28(16-20-12-14-22(26)15-13-20)24(30)17-29(34(5,32)33)23-11-9-8-10-21(23)7-2/h8-15,18-19H,6-7,16-17H2,1-5H3,(H,27,31). The van der Waals surface area contributed by atoms with Gasteiger partial charge in [0.2, 0.25) is 21.8 Å². The molecule has 2 aromatic rings. The predicted octanol–water partition coefficient (Wildman–Crippen LogP) is 3.49. The molecule has 2 aromatic carbocycles. The molecule has 0 aliphatic rings. The Labute approximate surface area is 202 Å². The third-order valence-electron chi connectivity index (χ3n) is 5.75. The van der Waals surface area contributed by atoms with Gasteiger partial charge in [-0.25, -0.2) is 12.8 Å². The maximum Gasteiger partial charge on any atom is 0.244 e. The number of amides is 2. The van der Waals surface area contributed by atoms with Crippen LogP contribution in [0.3, 0.4) is 0 Å². The molecule has 9 heteroatoms. The number of para-hydroxylation sites is 1. The van der Waals surface area contributed by atoms with Crippen molar-refractivity contribution < 1.29 is 22.4 Å². The third-order valence-corrected chi connectivity index (χ3v) is 6.88. The molecule has 0 aliphatic carbocycles. The van der Waals surface area contributed by atoms with Crippen molar-refractivity contribution in [3.63, 3.8) is 0 Å². The van der Waals surface area contributed by atoms with Crippen LogP contribution in [0.4, 0.5) is 10.1 Å². The van der Waals surface area contributed by atoms with Crippen molar-refractivity contribution >= 4 is 27.5 Å². The van der Waals surface area contributed by atoms with Gasteiger partial charge in [-0.3, -0.25) is 13.9 Å². The molecule has 0 saturated heterocycles. The van der Waals surface area contributed by atoms with Gasteiger partial charge in [-0.15, -0.1) is 0 Å². The second kappa shape index (κ2) is 12.0. The minimum absolute atomic E-state index is 0.0290. The zero-order valence-corrected chi connectivity index (χ0v) is 21.2. The molecule has 2 amide bonds. The fourth-order valence-electron chi connectivity index (χ4n) is 3.48. The summed E-state index contributed by atoms with van der Waals surface area (Å²) < 4.78 is 39.8. The first-order chi connectivity index (χ1) is 16.0. The molecule has 2 atom stereocenters. The van der Waals surface area contributed by atoms with Gasteiger partial charge in [0.05, 0.1) is 11.9 Å². The van der Waals surface area contributed by atoms with Crippen LogP contribution in [0.1, 0.15) is 45.2 Å². The summed E-state index contributed by atoms with van der Waals surface area (Å²) in [6, 6.07) is 11.7. The molecule has 7 nitrogen and oxygen atoms in total. The Morgan fingerprint density at radius 2 is 1.65 bits per heavy atom. The fraction of sp³-hybridized carbons (Fsp3) is 0.440. The molecule has 2 unspecified atom stereocenters. The Hall–Kier alpha value is -2.94. The average Bonchev–Trinajstić information content (AvgIpc) is 2.80. The number of benzene rings is 2. The van der Waals surface area contributed by atoms with E-state index in [-0.39, 0.29) is 18.5 Å². The van der Waals surface area contributed by atoms with E-state index >= 15 is 0 Å². The first-order valence-corrected chi connectivity index (χ1v) is 13.2. The number of rotatable bonds is 11. The summed E-state index contributed by atoms with van der Waals surface area (Å²) in [7, 11) is -3.79. The van der Waals surface area contributed by atoms with Crippen LogP contribution in [0.5, 0.6) is 0 Å². The smallest absolute Gasteiger partial charge is 0.244 e. The first kappa shape index (κ1) is 27.3. The number of aryl methyl sites for hydroxylation is 1. The first-order valence-electron chi connectivity index (χ1n) is 11.4. The van der Waals surface area contributed by atoms with E-state index in [0.717, 1.165) is 22.5 Å². The summed E-state index contributed by atoms with van der Waals surface area (Å²) in [5.74, 6) is -1.29. The molecule has 1 N–H and O–H groups in total. The Morgan fingerprint density at radius 3 is 2.21 bits per heavy atom. The van der Waals surface area contributed by atoms with E-state index in [1.807, 2.05) is 32.9 Å². The van der Waals surface area contributed by atoms with Gasteiger partial charge >= 0.3 is 0 Å². The van der Waals surface area contributed by atoms with E-state index in [1.54, 1.807) is 19.1 Å². The second-order valence-electron chi connectivity index (χ2n) is 8.39. The molecule has 0 saturated carbocycles. The van der Waals surface area contributed by atoms with Crippen molar-refractivity contribution in [3.05, 3.63) is 65.5 Å². The molecular formula is C25H34FN3O4S. The highest BCUT2D eigenvalue weighted by atomic mass is 32.2. The van der Waals surface area contributed by atoms with Crippen molar-refractivity contribution in [2.45, 2.75) is 59.2 Å². The lowest BCUT2D eigenvalue weighted by molar-refractivity contribution is -0.139. The van der Waals surface area contributed by atoms with Crippen LogP contribution < -0.4 is 9.62 Å². The summed E-state index contributed by atoms with van der Waals surface area (Å²) in [6.45, 7) is 6.88. The lowest BCUT2D eigenvalue weighted by Gasteiger charge is -2.32. The molecule has 34 heavy (non-hydrogen) atoms. The van der Waals surface area contributed by atoms with E-state index in [4.69, 9.17) is 0 Å². The lowest BCUT2D eigenvalue weighted by Crippen LogP contribution is -2.52. The molecule has 2 rings (SSSR count). The highest BCUT2D eigenvalue weighted by Gasteiger charge is 2.31. The van der Waals surface area contributed by atoms with Crippen LogP contribution in [0, 0.1) is 5.82 Å². The predicted molar refractivity (Wildman–Crippen MR) is 132 cm³/mol. The van der Waals surface area contributed by atoms with Crippen LogP contribution in [-0.2, 0) is 32.6 Å². The number of nitrogens with one attached hydrogen (secondary N) is 1. The van der Waals surface area contributed by atoms with Crippen LogP contribution in [-0.4, -0.2) is 50.0 Å². The number of carbonyl (C=O) groups excluding carboxylic acids is 2. The van der Waals surface area contributed by atoms with Gasteiger partial charge in [-0.2, -0.15) is 0 Å². The zero-order chi connectivity index (χ0) is 25.5. The maximum atomic E-state index is 13.5. The van der Waals surface area contributed by atoms with Crippen molar-refractivity contribution in [2.24, 2.45) is 0 Å². The van der Waals surface area contributed by atoms with Crippen LogP contribution in [0.2, 0.25) is 0 Å². The molecule has 186 valence electrons. The number of sulfonamides is 1. The Morgan fingerprint density at radius 1 is 1.03 bits per heavy atom. The van der Waals surface area contributed by atoms with Crippen molar-refractivity contribution in [1.82, 2.24) is 10.2 Å². The molecule has 0 heterocycles. The highest BCUT2D eigenvalue weighted by molar-refractivity contribution is 7.92. The van der Waals surface area contributed by atoms with E-state index < -0.39 is 34.3 Å². The largest absolute Gasteiger partial charge is 0.352 e. The number of hydrogen-bond acceptors (Lipinski definition) is 4. The van der Waals surface area contributed by atoms with E-state index in [9.17, 15) is 22.4 Å². The molecule has 0 spiro atoms. The Bertz CT molecular complexity index is 1090. The lowest BCUT2D eigenvalue weighted by atomic mass is 10.1. The minimum Gasteiger partial charge on any atom is -0.352 e. The number of halogens is 1. The van der Waals surface area contributed by atoms with Gasteiger partial charge in [0.15, 0.2) is 0 Å². The van der Waals surface area contributed by atoms with Crippen LogP contribution in [0.25, 0.3) is 0 Å². The number of carbonyl (C=O) groups is 2. The van der Waals surface area contributed by atoms with Gasteiger partial charge in [0.1, 0.15) is 18.4 Å². The molecule has 0 fully saturated rings. The van der Waals surface area contributed by atoms with E-state index in [1.165, 1.54) is 29.2 Å². The number of anilines is 1. The normalized spacial score (nSPS) is 13.1. The number of hydrogen-bond donors (Lipinski definition) is 1. The fourth-order valence-corrected chi connectivity index (χ4v) is 4.36. The summed E-state index contributed by atoms with van der Waals surface area (Å²) in [6.07, 6.45) is 2.36. The third kappa shape index (κ3) is 7.28. The SMILES string of the molecule is CCc1ccccc1N(CC(=O)N(Cc1ccc(F)cc1)C(C)C(=O)NC(C)CC)S(C)(=O)=O. The molecule has 0 aliphatic heterocycles.